The summed E-state index contributed by atoms with van der Waals surface area (Å²) < 4.78 is 13.1. The molecule has 3 heteroatoms. The van der Waals surface area contributed by atoms with Gasteiger partial charge in [0.15, 0.2) is 5.78 Å². The number of aryl methyl sites for hydroxylation is 1. The van der Waals surface area contributed by atoms with Crippen LogP contribution in [-0.2, 0) is 6.42 Å². The maximum atomic E-state index is 13.1. The summed E-state index contributed by atoms with van der Waals surface area (Å²) in [4.78, 5) is 16.8. The lowest BCUT2D eigenvalue weighted by molar-refractivity contribution is 0.0991. The van der Waals surface area contributed by atoms with Crippen LogP contribution >= 0.6 is 0 Å². The first-order valence-electron chi connectivity index (χ1n) is 6.77. The SMILES string of the molecule is Cc1cc(F)ccc1C(=O)Cc1ccc2ccccc2n1. The zero-order valence-corrected chi connectivity index (χ0v) is 11.6. The summed E-state index contributed by atoms with van der Waals surface area (Å²) in [5, 5.41) is 1.05. The Bertz CT molecular complexity index is 826. The van der Waals surface area contributed by atoms with Gasteiger partial charge in [-0.3, -0.25) is 9.78 Å². The minimum absolute atomic E-state index is 0.0460. The highest BCUT2D eigenvalue weighted by atomic mass is 19.1. The second-order valence-electron chi connectivity index (χ2n) is 5.05. The topological polar surface area (TPSA) is 30.0 Å². The van der Waals surface area contributed by atoms with E-state index in [1.807, 2.05) is 36.4 Å². The molecule has 2 aromatic carbocycles. The fourth-order valence-electron chi connectivity index (χ4n) is 2.41. The first kappa shape index (κ1) is 13.4. The summed E-state index contributed by atoms with van der Waals surface area (Å²) in [6.45, 7) is 1.74. The van der Waals surface area contributed by atoms with Crippen LogP contribution in [0.25, 0.3) is 10.9 Å². The maximum absolute atomic E-state index is 13.1. The zero-order chi connectivity index (χ0) is 14.8. The number of carbonyl (C=O) groups is 1. The number of para-hydroxylation sites is 1. The van der Waals surface area contributed by atoms with Crippen molar-refractivity contribution in [2.75, 3.05) is 0 Å². The fraction of sp³-hybridized carbons (Fsp3) is 0.111. The molecule has 21 heavy (non-hydrogen) atoms. The van der Waals surface area contributed by atoms with Crippen LogP contribution in [0, 0.1) is 12.7 Å². The van der Waals surface area contributed by atoms with Crippen LogP contribution < -0.4 is 0 Å². The summed E-state index contributed by atoms with van der Waals surface area (Å²) in [5.74, 6) is -0.372. The predicted molar refractivity (Wildman–Crippen MR) is 80.9 cm³/mol. The highest BCUT2D eigenvalue weighted by molar-refractivity contribution is 5.98. The molecule has 3 rings (SSSR count). The minimum Gasteiger partial charge on any atom is -0.294 e. The van der Waals surface area contributed by atoms with E-state index in [-0.39, 0.29) is 18.0 Å². The summed E-state index contributed by atoms with van der Waals surface area (Å²) in [5.41, 5.74) is 2.80. The van der Waals surface area contributed by atoms with Crippen LogP contribution in [0.15, 0.2) is 54.6 Å². The van der Waals surface area contributed by atoms with E-state index in [0.717, 1.165) is 16.6 Å². The molecule has 0 radical (unpaired) electrons. The normalized spacial score (nSPS) is 10.8. The lowest BCUT2D eigenvalue weighted by Gasteiger charge is -2.06. The molecule has 0 aliphatic carbocycles. The Morgan fingerprint density at radius 1 is 1.10 bits per heavy atom. The molecule has 0 saturated heterocycles. The molecule has 0 spiro atoms. The van der Waals surface area contributed by atoms with Gasteiger partial charge in [-0.05, 0) is 42.8 Å². The number of fused-ring (bicyclic) bond motifs is 1. The lowest BCUT2D eigenvalue weighted by Crippen LogP contribution is -2.07. The third kappa shape index (κ3) is 2.82. The number of pyridine rings is 1. The number of aromatic nitrogens is 1. The third-order valence-electron chi connectivity index (χ3n) is 3.49. The molecule has 0 aliphatic heterocycles. The van der Waals surface area contributed by atoms with Crippen molar-refractivity contribution in [2.45, 2.75) is 13.3 Å². The number of hydrogen-bond acceptors (Lipinski definition) is 2. The van der Waals surface area contributed by atoms with Crippen molar-refractivity contribution in [3.63, 3.8) is 0 Å². The van der Waals surface area contributed by atoms with Gasteiger partial charge in [0.25, 0.3) is 0 Å². The number of ketones is 1. The summed E-state index contributed by atoms with van der Waals surface area (Å²) in [6, 6.07) is 15.8. The molecule has 0 fully saturated rings. The van der Waals surface area contributed by atoms with Crippen molar-refractivity contribution in [1.29, 1.82) is 0 Å². The molecule has 0 atom stereocenters. The Hall–Kier alpha value is -2.55. The van der Waals surface area contributed by atoms with Gasteiger partial charge in [-0.25, -0.2) is 4.39 Å². The molecule has 0 unspecified atom stereocenters. The van der Waals surface area contributed by atoms with Gasteiger partial charge in [-0.1, -0.05) is 24.3 Å². The van der Waals surface area contributed by atoms with Crippen molar-refractivity contribution >= 4 is 16.7 Å². The Morgan fingerprint density at radius 2 is 1.90 bits per heavy atom. The summed E-state index contributed by atoms with van der Waals surface area (Å²) >= 11 is 0. The Morgan fingerprint density at radius 3 is 2.71 bits per heavy atom. The van der Waals surface area contributed by atoms with Crippen molar-refractivity contribution in [1.82, 2.24) is 4.98 Å². The first-order valence-corrected chi connectivity index (χ1v) is 6.77. The van der Waals surface area contributed by atoms with E-state index >= 15 is 0 Å². The number of Topliss-reactive ketones (excluding diaryl/α,β-unsaturated/α-hetero) is 1. The van der Waals surface area contributed by atoms with Gasteiger partial charge in [0.1, 0.15) is 5.82 Å². The highest BCUT2D eigenvalue weighted by Gasteiger charge is 2.11. The Balaban J connectivity index is 1.89. The van der Waals surface area contributed by atoms with Crippen LogP contribution in [0.1, 0.15) is 21.6 Å². The van der Waals surface area contributed by atoms with Crippen LogP contribution in [-0.4, -0.2) is 10.8 Å². The number of halogens is 1. The van der Waals surface area contributed by atoms with Gasteiger partial charge in [0.2, 0.25) is 0 Å². The van der Waals surface area contributed by atoms with Gasteiger partial charge in [0, 0.05) is 16.6 Å². The predicted octanol–water partition coefficient (Wildman–Crippen LogP) is 4.11. The molecule has 104 valence electrons. The first-order chi connectivity index (χ1) is 10.1. The average Bonchev–Trinajstić information content (AvgIpc) is 2.47. The average molecular weight is 279 g/mol. The smallest absolute Gasteiger partial charge is 0.169 e. The van der Waals surface area contributed by atoms with Gasteiger partial charge in [-0.15, -0.1) is 0 Å². The fourth-order valence-corrected chi connectivity index (χ4v) is 2.41. The number of hydrogen-bond donors (Lipinski definition) is 0. The van der Waals surface area contributed by atoms with Crippen LogP contribution in [0.3, 0.4) is 0 Å². The third-order valence-corrected chi connectivity index (χ3v) is 3.49. The van der Waals surface area contributed by atoms with E-state index in [1.54, 1.807) is 6.92 Å². The molecule has 0 amide bonds. The Labute approximate surface area is 122 Å². The van der Waals surface area contributed by atoms with Gasteiger partial charge in [-0.2, -0.15) is 0 Å². The number of benzene rings is 2. The van der Waals surface area contributed by atoms with Gasteiger partial charge >= 0.3 is 0 Å². The van der Waals surface area contributed by atoms with Crippen molar-refractivity contribution in [2.24, 2.45) is 0 Å². The van der Waals surface area contributed by atoms with Gasteiger partial charge in [0.05, 0.1) is 11.9 Å². The number of carbonyl (C=O) groups excluding carboxylic acids is 1. The molecular formula is C18H14FNO. The van der Waals surface area contributed by atoms with E-state index in [9.17, 15) is 9.18 Å². The standard InChI is InChI=1S/C18H14FNO/c1-12-10-14(19)7-9-16(12)18(21)11-15-8-6-13-4-2-3-5-17(13)20-15/h2-10H,11H2,1H3. The van der Waals surface area contributed by atoms with E-state index in [2.05, 4.69) is 4.98 Å². The quantitative estimate of drug-likeness (QED) is 0.675. The molecule has 3 aromatic rings. The van der Waals surface area contributed by atoms with Crippen molar-refractivity contribution in [3.8, 4) is 0 Å². The van der Waals surface area contributed by atoms with Gasteiger partial charge < -0.3 is 0 Å². The molecule has 0 aliphatic rings. The molecule has 1 aromatic heterocycles. The van der Waals surface area contributed by atoms with E-state index in [4.69, 9.17) is 0 Å². The molecular weight excluding hydrogens is 265 g/mol. The monoisotopic (exact) mass is 279 g/mol. The van der Waals surface area contributed by atoms with Crippen LogP contribution in [0.5, 0.6) is 0 Å². The second-order valence-corrected chi connectivity index (χ2v) is 5.05. The maximum Gasteiger partial charge on any atom is 0.169 e. The zero-order valence-electron chi connectivity index (χ0n) is 11.6. The van der Waals surface area contributed by atoms with E-state index in [0.29, 0.717) is 11.1 Å². The minimum atomic E-state index is -0.326. The summed E-state index contributed by atoms with van der Waals surface area (Å²) in [6.07, 6.45) is 0.220. The summed E-state index contributed by atoms with van der Waals surface area (Å²) in [7, 11) is 0. The number of nitrogens with zero attached hydrogens (tertiary/aromatic N) is 1. The van der Waals surface area contributed by atoms with Crippen molar-refractivity contribution in [3.05, 3.63) is 77.2 Å². The number of rotatable bonds is 3. The Kier molecular flexibility index (Phi) is 3.48. The molecule has 2 nitrogen and oxygen atoms in total. The highest BCUT2D eigenvalue weighted by Crippen LogP contribution is 2.16. The molecule has 0 N–H and O–H groups in total. The van der Waals surface area contributed by atoms with Crippen LogP contribution in [0.4, 0.5) is 4.39 Å². The molecule has 0 saturated carbocycles. The lowest BCUT2D eigenvalue weighted by atomic mass is 10.0. The molecule has 1 heterocycles. The van der Waals surface area contributed by atoms with E-state index < -0.39 is 0 Å². The van der Waals surface area contributed by atoms with Crippen LogP contribution in [0.2, 0.25) is 0 Å². The second kappa shape index (κ2) is 5.44. The molecule has 0 bridgehead atoms. The van der Waals surface area contributed by atoms with E-state index in [1.165, 1.54) is 18.2 Å². The largest absolute Gasteiger partial charge is 0.294 e. The van der Waals surface area contributed by atoms with Crippen molar-refractivity contribution < 1.29 is 9.18 Å².